The van der Waals surface area contributed by atoms with E-state index in [4.69, 9.17) is 4.74 Å². The first kappa shape index (κ1) is 14.0. The van der Waals surface area contributed by atoms with Gasteiger partial charge in [0.25, 0.3) is 5.69 Å². The number of nitro benzene ring substituents is 1. The summed E-state index contributed by atoms with van der Waals surface area (Å²) in [6, 6.07) is 6.94. The van der Waals surface area contributed by atoms with E-state index in [1.54, 1.807) is 12.1 Å². The Morgan fingerprint density at radius 3 is 2.79 bits per heavy atom. The Hall–Kier alpha value is -1.46. The van der Waals surface area contributed by atoms with Crippen molar-refractivity contribution in [3.8, 4) is 0 Å². The summed E-state index contributed by atoms with van der Waals surface area (Å²) in [7, 11) is 0. The zero-order valence-electron chi connectivity index (χ0n) is 11.0. The second kappa shape index (κ2) is 7.21. The minimum absolute atomic E-state index is 0.218. The maximum absolute atomic E-state index is 10.9. The van der Waals surface area contributed by atoms with Gasteiger partial charge in [-0.3, -0.25) is 10.1 Å². The lowest BCUT2D eigenvalue weighted by molar-refractivity contribution is -0.385. The third kappa shape index (κ3) is 4.29. The van der Waals surface area contributed by atoms with Crippen molar-refractivity contribution >= 4 is 5.69 Å². The summed E-state index contributed by atoms with van der Waals surface area (Å²) >= 11 is 0. The Morgan fingerprint density at radius 1 is 1.32 bits per heavy atom. The molecule has 1 aromatic rings. The number of rotatable bonds is 6. The smallest absolute Gasteiger partial charge is 0.272 e. The highest BCUT2D eigenvalue weighted by Crippen LogP contribution is 2.18. The Labute approximate surface area is 113 Å². The molecule has 5 nitrogen and oxygen atoms in total. The molecule has 1 heterocycles. The molecule has 1 aliphatic rings. The van der Waals surface area contributed by atoms with Crippen LogP contribution in [0.3, 0.4) is 0 Å². The second-order valence-electron chi connectivity index (χ2n) is 4.90. The Kier molecular flexibility index (Phi) is 5.30. The number of nitrogens with one attached hydrogen (secondary N) is 1. The maximum atomic E-state index is 10.9. The molecule has 0 radical (unpaired) electrons. The third-order valence-electron chi connectivity index (χ3n) is 3.53. The molecule has 0 bridgehead atoms. The van der Waals surface area contributed by atoms with Crippen LogP contribution in [0.25, 0.3) is 0 Å². The van der Waals surface area contributed by atoms with Crippen LogP contribution in [0.15, 0.2) is 24.3 Å². The van der Waals surface area contributed by atoms with Gasteiger partial charge in [-0.25, -0.2) is 0 Å². The van der Waals surface area contributed by atoms with Crippen molar-refractivity contribution in [3.05, 3.63) is 39.9 Å². The zero-order chi connectivity index (χ0) is 13.5. The number of ether oxygens (including phenoxy) is 1. The molecule has 0 amide bonds. The van der Waals surface area contributed by atoms with Crippen LogP contribution in [0.1, 0.15) is 18.4 Å². The molecule has 0 unspecified atom stereocenters. The van der Waals surface area contributed by atoms with E-state index < -0.39 is 0 Å². The Balaban J connectivity index is 1.74. The first-order valence-corrected chi connectivity index (χ1v) is 6.78. The van der Waals surface area contributed by atoms with Crippen molar-refractivity contribution in [1.82, 2.24) is 5.32 Å². The molecule has 0 aliphatic carbocycles. The molecule has 1 fully saturated rings. The normalized spacial score (nSPS) is 16.4. The SMILES string of the molecule is O=[N+]([O-])c1ccccc1CCNCC1CCOCC1. The zero-order valence-corrected chi connectivity index (χ0v) is 11.0. The average Bonchev–Trinajstić information content (AvgIpc) is 2.45. The van der Waals surface area contributed by atoms with Crippen molar-refractivity contribution in [3.63, 3.8) is 0 Å². The van der Waals surface area contributed by atoms with Gasteiger partial charge in [0, 0.05) is 24.8 Å². The van der Waals surface area contributed by atoms with E-state index in [0.29, 0.717) is 12.3 Å². The molecule has 2 rings (SSSR count). The van der Waals surface area contributed by atoms with E-state index in [1.807, 2.05) is 12.1 Å². The van der Waals surface area contributed by atoms with E-state index >= 15 is 0 Å². The number of benzene rings is 1. The third-order valence-corrected chi connectivity index (χ3v) is 3.53. The van der Waals surface area contributed by atoms with Gasteiger partial charge >= 0.3 is 0 Å². The molecule has 1 aromatic carbocycles. The Bertz CT molecular complexity index is 417. The largest absolute Gasteiger partial charge is 0.381 e. The van der Waals surface area contributed by atoms with E-state index in [1.165, 1.54) is 0 Å². The predicted molar refractivity (Wildman–Crippen MR) is 73.2 cm³/mol. The number of nitro groups is 1. The van der Waals surface area contributed by atoms with Gasteiger partial charge in [0.05, 0.1) is 4.92 Å². The van der Waals surface area contributed by atoms with Crippen LogP contribution in [-0.2, 0) is 11.2 Å². The lowest BCUT2D eigenvalue weighted by Gasteiger charge is -2.22. The predicted octanol–water partition coefficient (Wildman–Crippen LogP) is 2.15. The molecule has 1 aliphatic heterocycles. The fraction of sp³-hybridized carbons (Fsp3) is 0.571. The molecule has 1 saturated heterocycles. The maximum Gasteiger partial charge on any atom is 0.272 e. The highest BCUT2D eigenvalue weighted by atomic mass is 16.6. The van der Waals surface area contributed by atoms with Crippen LogP contribution < -0.4 is 5.32 Å². The summed E-state index contributed by atoms with van der Waals surface area (Å²) < 4.78 is 5.31. The fourth-order valence-electron chi connectivity index (χ4n) is 2.38. The standard InChI is InChI=1S/C14H20N2O3/c17-16(18)14-4-2-1-3-13(14)5-8-15-11-12-6-9-19-10-7-12/h1-4,12,15H,5-11H2. The van der Waals surface area contributed by atoms with Crippen molar-refractivity contribution in [1.29, 1.82) is 0 Å². The van der Waals surface area contributed by atoms with Gasteiger partial charge in [-0.1, -0.05) is 18.2 Å². The summed E-state index contributed by atoms with van der Waals surface area (Å²) in [5.74, 6) is 0.680. The summed E-state index contributed by atoms with van der Waals surface area (Å²) in [4.78, 5) is 10.6. The summed E-state index contributed by atoms with van der Waals surface area (Å²) in [5.41, 5.74) is 1.02. The van der Waals surface area contributed by atoms with E-state index in [2.05, 4.69) is 5.32 Å². The van der Waals surface area contributed by atoms with Gasteiger partial charge in [0.2, 0.25) is 0 Å². The molecule has 0 aromatic heterocycles. The van der Waals surface area contributed by atoms with E-state index in [-0.39, 0.29) is 10.6 Å². The first-order chi connectivity index (χ1) is 9.27. The van der Waals surface area contributed by atoms with Crippen LogP contribution in [0.4, 0.5) is 5.69 Å². The lowest BCUT2D eigenvalue weighted by Crippen LogP contribution is -2.29. The number of hydrogen-bond donors (Lipinski definition) is 1. The average molecular weight is 264 g/mol. The van der Waals surface area contributed by atoms with Gasteiger partial charge in [0.1, 0.15) is 0 Å². The quantitative estimate of drug-likeness (QED) is 0.486. The minimum atomic E-state index is -0.312. The van der Waals surface area contributed by atoms with E-state index in [9.17, 15) is 10.1 Å². The minimum Gasteiger partial charge on any atom is -0.381 e. The van der Waals surface area contributed by atoms with Gasteiger partial charge in [0.15, 0.2) is 0 Å². The molecular formula is C14H20N2O3. The number of hydrogen-bond acceptors (Lipinski definition) is 4. The molecule has 0 saturated carbocycles. The molecule has 5 heteroatoms. The first-order valence-electron chi connectivity index (χ1n) is 6.78. The summed E-state index contributed by atoms with van der Waals surface area (Å²) in [5, 5.41) is 14.3. The van der Waals surface area contributed by atoms with Gasteiger partial charge in [-0.05, 0) is 38.3 Å². The van der Waals surface area contributed by atoms with Crippen LogP contribution in [0.2, 0.25) is 0 Å². The van der Waals surface area contributed by atoms with Crippen LogP contribution in [0.5, 0.6) is 0 Å². The summed E-state index contributed by atoms with van der Waals surface area (Å²) in [6.07, 6.45) is 2.91. The summed E-state index contributed by atoms with van der Waals surface area (Å²) in [6.45, 7) is 3.47. The fourth-order valence-corrected chi connectivity index (χ4v) is 2.38. The van der Waals surface area contributed by atoms with Crippen LogP contribution in [-0.4, -0.2) is 31.2 Å². The van der Waals surface area contributed by atoms with Gasteiger partial charge in [-0.15, -0.1) is 0 Å². The number of para-hydroxylation sites is 1. The molecule has 104 valence electrons. The van der Waals surface area contributed by atoms with Crippen LogP contribution in [0, 0.1) is 16.0 Å². The monoisotopic (exact) mass is 264 g/mol. The van der Waals surface area contributed by atoms with Crippen molar-refractivity contribution in [2.75, 3.05) is 26.3 Å². The number of nitrogens with zero attached hydrogens (tertiary/aromatic N) is 1. The van der Waals surface area contributed by atoms with Crippen molar-refractivity contribution in [2.24, 2.45) is 5.92 Å². The molecule has 0 atom stereocenters. The van der Waals surface area contributed by atoms with Crippen molar-refractivity contribution in [2.45, 2.75) is 19.3 Å². The highest BCUT2D eigenvalue weighted by Gasteiger charge is 2.14. The molecule has 19 heavy (non-hydrogen) atoms. The van der Waals surface area contributed by atoms with Crippen molar-refractivity contribution < 1.29 is 9.66 Å². The molecular weight excluding hydrogens is 244 g/mol. The highest BCUT2D eigenvalue weighted by molar-refractivity contribution is 5.39. The topological polar surface area (TPSA) is 64.4 Å². The molecule has 1 N–H and O–H groups in total. The van der Waals surface area contributed by atoms with E-state index in [0.717, 1.165) is 44.7 Å². The Morgan fingerprint density at radius 2 is 2.05 bits per heavy atom. The van der Waals surface area contributed by atoms with Gasteiger partial charge in [-0.2, -0.15) is 0 Å². The van der Waals surface area contributed by atoms with Crippen LogP contribution >= 0.6 is 0 Å². The lowest BCUT2D eigenvalue weighted by atomic mass is 10.0. The van der Waals surface area contributed by atoms with Gasteiger partial charge < -0.3 is 10.1 Å². The molecule has 0 spiro atoms. The second-order valence-corrected chi connectivity index (χ2v) is 4.90.